The van der Waals surface area contributed by atoms with E-state index in [9.17, 15) is 24.9 Å². The van der Waals surface area contributed by atoms with Crippen LogP contribution in [0.4, 0.5) is 4.79 Å². The lowest BCUT2D eigenvalue weighted by Gasteiger charge is -2.39. The van der Waals surface area contributed by atoms with E-state index in [-0.39, 0.29) is 18.9 Å². The normalized spacial score (nSPS) is 26.6. The first-order chi connectivity index (χ1) is 13.9. The van der Waals surface area contributed by atoms with Gasteiger partial charge in [0, 0.05) is 13.0 Å². The second-order valence-electron chi connectivity index (χ2n) is 7.10. The van der Waals surface area contributed by atoms with Crippen LogP contribution in [0.3, 0.4) is 0 Å². The number of aliphatic hydroxyl groups excluding tert-OH is 3. The molecule has 0 unspecified atom stereocenters. The number of carbonyl (C=O) groups is 2. The Hall–Kier alpha value is -2.20. The van der Waals surface area contributed by atoms with Crippen LogP contribution >= 0.6 is 0 Å². The van der Waals surface area contributed by atoms with Crippen LogP contribution in [-0.4, -0.2) is 64.5 Å². The molecule has 5 N–H and O–H groups in total. The van der Waals surface area contributed by atoms with E-state index in [4.69, 9.17) is 9.47 Å². The minimum Gasteiger partial charge on any atom is -0.445 e. The molecule has 0 aliphatic carbocycles. The molecule has 0 spiro atoms. The Balaban J connectivity index is 1.52. The smallest absolute Gasteiger partial charge is 0.407 e. The van der Waals surface area contributed by atoms with E-state index in [2.05, 4.69) is 10.6 Å². The van der Waals surface area contributed by atoms with E-state index in [1.165, 1.54) is 0 Å². The molecule has 2 rings (SSSR count). The zero-order valence-electron chi connectivity index (χ0n) is 16.5. The summed E-state index contributed by atoms with van der Waals surface area (Å²) in [6.45, 7) is 2.21. The van der Waals surface area contributed by atoms with Crippen LogP contribution in [0.15, 0.2) is 30.3 Å². The second kappa shape index (κ2) is 11.7. The fraction of sp³-hybridized carbons (Fsp3) is 0.600. The Kier molecular flexibility index (Phi) is 9.33. The minimum atomic E-state index is -1.39. The van der Waals surface area contributed by atoms with Crippen LogP contribution in [0.5, 0.6) is 0 Å². The van der Waals surface area contributed by atoms with Crippen molar-refractivity contribution in [2.75, 3.05) is 6.54 Å². The molecule has 5 atom stereocenters. The van der Waals surface area contributed by atoms with Crippen molar-refractivity contribution in [2.24, 2.45) is 0 Å². The van der Waals surface area contributed by atoms with Gasteiger partial charge in [-0.15, -0.1) is 0 Å². The van der Waals surface area contributed by atoms with E-state index >= 15 is 0 Å². The fourth-order valence-electron chi connectivity index (χ4n) is 2.95. The highest BCUT2D eigenvalue weighted by molar-refractivity contribution is 5.76. The van der Waals surface area contributed by atoms with Gasteiger partial charge < -0.3 is 35.4 Å². The fourth-order valence-corrected chi connectivity index (χ4v) is 2.95. The highest BCUT2D eigenvalue weighted by Crippen LogP contribution is 2.19. The number of aliphatic hydroxyl groups is 3. The van der Waals surface area contributed by atoms with Crippen LogP contribution < -0.4 is 10.6 Å². The molecule has 162 valence electrons. The summed E-state index contributed by atoms with van der Waals surface area (Å²) in [6.07, 6.45) is -3.99. The molecule has 1 aromatic carbocycles. The van der Waals surface area contributed by atoms with Crippen molar-refractivity contribution in [3.63, 3.8) is 0 Å². The first kappa shape index (κ1) is 23.1. The summed E-state index contributed by atoms with van der Waals surface area (Å²) >= 11 is 0. The zero-order valence-corrected chi connectivity index (χ0v) is 16.5. The number of rotatable bonds is 9. The maximum absolute atomic E-state index is 12.0. The van der Waals surface area contributed by atoms with E-state index in [0.29, 0.717) is 19.4 Å². The number of ether oxygens (including phenoxy) is 2. The van der Waals surface area contributed by atoms with Gasteiger partial charge in [-0.05, 0) is 25.3 Å². The number of hydrogen-bond donors (Lipinski definition) is 5. The average Bonchev–Trinajstić information content (AvgIpc) is 2.72. The van der Waals surface area contributed by atoms with E-state index in [1.54, 1.807) is 6.92 Å². The Bertz CT molecular complexity index is 643. The largest absolute Gasteiger partial charge is 0.445 e. The Morgan fingerprint density at radius 1 is 1.03 bits per heavy atom. The van der Waals surface area contributed by atoms with Crippen LogP contribution in [0.1, 0.15) is 38.2 Å². The topological polar surface area (TPSA) is 137 Å². The standard InChI is InChI=1S/C20H30N2O7/c1-13-16(24)17(25)18(26)19(29-13)22-15(23)10-6-3-7-11-21-20(27)28-12-14-8-4-2-5-9-14/h2,4-5,8-9,13,16-19,24-26H,3,6-7,10-12H2,1H3,(H,21,27)(H,22,23)/t13-,16+,17-,18-,19-/m0/s1. The predicted molar refractivity (Wildman–Crippen MR) is 104 cm³/mol. The Morgan fingerprint density at radius 2 is 1.76 bits per heavy atom. The van der Waals surface area contributed by atoms with E-state index in [1.807, 2.05) is 30.3 Å². The highest BCUT2D eigenvalue weighted by Gasteiger charge is 2.42. The zero-order chi connectivity index (χ0) is 21.2. The maximum atomic E-state index is 12.0. The van der Waals surface area contributed by atoms with Crippen molar-refractivity contribution in [3.8, 4) is 0 Å². The number of carbonyl (C=O) groups excluding carboxylic acids is 2. The molecular formula is C20H30N2O7. The van der Waals surface area contributed by atoms with Gasteiger partial charge in [0.05, 0.1) is 6.10 Å². The quantitative estimate of drug-likeness (QED) is 0.372. The molecule has 0 bridgehead atoms. The Labute approximate surface area is 170 Å². The van der Waals surface area contributed by atoms with Gasteiger partial charge in [0.25, 0.3) is 0 Å². The minimum absolute atomic E-state index is 0.215. The average molecular weight is 410 g/mol. The number of amides is 2. The lowest BCUT2D eigenvalue weighted by Crippen LogP contribution is -2.61. The first-order valence-electron chi connectivity index (χ1n) is 9.82. The summed E-state index contributed by atoms with van der Waals surface area (Å²) in [5, 5.41) is 34.4. The van der Waals surface area contributed by atoms with E-state index < -0.39 is 36.7 Å². The van der Waals surface area contributed by atoms with Crippen LogP contribution in [-0.2, 0) is 20.9 Å². The lowest BCUT2D eigenvalue weighted by atomic mass is 9.99. The summed E-state index contributed by atoms with van der Waals surface area (Å²) in [7, 11) is 0. The monoisotopic (exact) mass is 410 g/mol. The molecule has 1 heterocycles. The molecule has 0 radical (unpaired) electrons. The van der Waals surface area contributed by atoms with Gasteiger partial charge in [-0.1, -0.05) is 36.8 Å². The van der Waals surface area contributed by atoms with Crippen molar-refractivity contribution in [2.45, 2.75) is 69.9 Å². The Morgan fingerprint density at radius 3 is 2.48 bits per heavy atom. The van der Waals surface area contributed by atoms with Gasteiger partial charge in [-0.3, -0.25) is 4.79 Å². The SMILES string of the molecule is C[C@@H]1O[C@H](NC(=O)CCCCCNC(=O)OCc2ccccc2)[C@@H](O)[C@@H](O)[C@@H]1O. The number of unbranched alkanes of at least 4 members (excludes halogenated alkanes) is 2. The van der Waals surface area contributed by atoms with Gasteiger partial charge in [0.15, 0.2) is 6.23 Å². The van der Waals surface area contributed by atoms with Gasteiger partial charge >= 0.3 is 6.09 Å². The molecular weight excluding hydrogens is 380 g/mol. The van der Waals surface area contributed by atoms with Crippen molar-refractivity contribution in [1.82, 2.24) is 10.6 Å². The molecule has 9 nitrogen and oxygen atoms in total. The van der Waals surface area contributed by atoms with Gasteiger partial charge in [0.2, 0.25) is 5.91 Å². The molecule has 9 heteroatoms. The summed E-state index contributed by atoms with van der Waals surface area (Å²) in [6, 6.07) is 9.39. The third-order valence-corrected chi connectivity index (χ3v) is 4.72. The summed E-state index contributed by atoms with van der Waals surface area (Å²) in [4.78, 5) is 23.6. The second-order valence-corrected chi connectivity index (χ2v) is 7.10. The lowest BCUT2D eigenvalue weighted by molar-refractivity contribution is -0.224. The molecule has 1 aromatic rings. The van der Waals surface area contributed by atoms with Crippen LogP contribution in [0.25, 0.3) is 0 Å². The third-order valence-electron chi connectivity index (χ3n) is 4.72. The van der Waals surface area contributed by atoms with Crippen LogP contribution in [0.2, 0.25) is 0 Å². The molecule has 1 fully saturated rings. The molecule has 0 aromatic heterocycles. The van der Waals surface area contributed by atoms with Gasteiger partial charge in [-0.25, -0.2) is 4.79 Å². The molecule has 1 saturated heterocycles. The van der Waals surface area contributed by atoms with E-state index in [0.717, 1.165) is 12.0 Å². The number of alkyl carbamates (subject to hydrolysis) is 1. The summed E-state index contributed by atoms with van der Waals surface area (Å²) < 4.78 is 10.4. The van der Waals surface area contributed by atoms with Crippen LogP contribution in [0, 0.1) is 0 Å². The molecule has 29 heavy (non-hydrogen) atoms. The third kappa shape index (κ3) is 7.62. The highest BCUT2D eigenvalue weighted by atomic mass is 16.6. The van der Waals surface area contributed by atoms with Gasteiger partial charge in [0.1, 0.15) is 24.9 Å². The summed E-state index contributed by atoms with van der Waals surface area (Å²) in [5.74, 6) is -0.319. The van der Waals surface area contributed by atoms with Crippen molar-refractivity contribution < 1.29 is 34.4 Å². The van der Waals surface area contributed by atoms with Crippen molar-refractivity contribution in [3.05, 3.63) is 35.9 Å². The van der Waals surface area contributed by atoms with Gasteiger partial charge in [-0.2, -0.15) is 0 Å². The molecule has 2 amide bonds. The number of hydrogen-bond acceptors (Lipinski definition) is 7. The number of benzene rings is 1. The summed E-state index contributed by atoms with van der Waals surface area (Å²) in [5.41, 5.74) is 0.914. The molecule has 1 aliphatic heterocycles. The first-order valence-corrected chi connectivity index (χ1v) is 9.82. The van der Waals surface area contributed by atoms with Crippen molar-refractivity contribution >= 4 is 12.0 Å². The van der Waals surface area contributed by atoms with Crippen molar-refractivity contribution in [1.29, 1.82) is 0 Å². The predicted octanol–water partition coefficient (Wildman–Crippen LogP) is 0.417. The number of nitrogens with one attached hydrogen (secondary N) is 2. The molecule has 1 aliphatic rings. The maximum Gasteiger partial charge on any atom is 0.407 e. The molecule has 0 saturated carbocycles.